The summed E-state index contributed by atoms with van der Waals surface area (Å²) in [5.74, 6) is -0.376. The van der Waals surface area contributed by atoms with E-state index in [1.807, 2.05) is 4.90 Å². The fourth-order valence-electron chi connectivity index (χ4n) is 4.88. The fraction of sp³-hybridized carbons (Fsp3) is 0.400. The van der Waals surface area contributed by atoms with Crippen LogP contribution in [0.2, 0.25) is 5.02 Å². The van der Waals surface area contributed by atoms with Gasteiger partial charge in [-0.25, -0.2) is 0 Å². The zero-order chi connectivity index (χ0) is 26.1. The van der Waals surface area contributed by atoms with Crippen molar-refractivity contribution in [2.75, 3.05) is 38.0 Å². The van der Waals surface area contributed by atoms with E-state index in [9.17, 15) is 25.0 Å². The lowest BCUT2D eigenvalue weighted by atomic mass is 10.1. The van der Waals surface area contributed by atoms with Crippen LogP contribution < -0.4 is 5.32 Å². The van der Waals surface area contributed by atoms with Crippen LogP contribution >= 0.6 is 34.3 Å². The molecule has 0 spiro atoms. The lowest BCUT2D eigenvalue weighted by Crippen LogP contribution is -2.50. The highest BCUT2D eigenvalue weighted by atomic mass is 35.5. The minimum atomic E-state index is -0.473. The molecule has 37 heavy (non-hydrogen) atoms. The second-order valence-electron chi connectivity index (χ2n) is 9.18. The molecule has 1 aliphatic carbocycles. The van der Waals surface area contributed by atoms with E-state index >= 15 is 0 Å². The van der Waals surface area contributed by atoms with Gasteiger partial charge in [0.05, 0.1) is 22.1 Å². The number of hydrogen-bond donors (Lipinski definition) is 1. The zero-order valence-electron chi connectivity index (χ0n) is 19.9. The van der Waals surface area contributed by atoms with Gasteiger partial charge in [0, 0.05) is 53.3 Å². The number of amides is 2. The molecule has 0 saturated carbocycles. The molecule has 1 N–H and O–H groups in total. The molecular formula is C25H24ClN5O4S2. The van der Waals surface area contributed by atoms with E-state index in [-0.39, 0.29) is 24.0 Å². The Morgan fingerprint density at radius 1 is 1.14 bits per heavy atom. The summed E-state index contributed by atoms with van der Waals surface area (Å²) in [5, 5.41) is 25.3. The Balaban J connectivity index is 1.19. The highest BCUT2D eigenvalue weighted by Crippen LogP contribution is 2.38. The first-order valence-corrected chi connectivity index (χ1v) is 14.1. The van der Waals surface area contributed by atoms with E-state index in [1.165, 1.54) is 34.8 Å². The fourth-order valence-corrected chi connectivity index (χ4v) is 7.64. The van der Waals surface area contributed by atoms with E-state index < -0.39 is 4.92 Å². The zero-order valence-corrected chi connectivity index (χ0v) is 22.3. The molecule has 5 rings (SSSR count). The molecule has 3 heterocycles. The van der Waals surface area contributed by atoms with Gasteiger partial charge in [0.2, 0.25) is 5.91 Å². The van der Waals surface area contributed by atoms with Crippen molar-refractivity contribution in [1.82, 2.24) is 9.80 Å². The Hall–Kier alpha value is -3.04. The Kier molecular flexibility index (Phi) is 7.44. The molecule has 1 aromatic carbocycles. The highest BCUT2D eigenvalue weighted by molar-refractivity contribution is 7.21. The molecule has 1 saturated heterocycles. The molecule has 0 atom stereocenters. The number of carbonyl (C=O) groups excluding carboxylic acids is 2. The molecule has 0 unspecified atom stereocenters. The quantitative estimate of drug-likeness (QED) is 0.266. The summed E-state index contributed by atoms with van der Waals surface area (Å²) in [7, 11) is 0. The second-order valence-corrected chi connectivity index (χ2v) is 11.7. The van der Waals surface area contributed by atoms with Crippen molar-refractivity contribution in [2.24, 2.45) is 0 Å². The number of benzene rings is 1. The molecule has 192 valence electrons. The molecule has 0 radical (unpaired) electrons. The number of nitriles is 1. The van der Waals surface area contributed by atoms with Gasteiger partial charge in [0.15, 0.2) is 0 Å². The van der Waals surface area contributed by atoms with Crippen LogP contribution in [-0.2, 0) is 17.6 Å². The molecule has 2 aromatic heterocycles. The number of nitro benzene ring substituents is 1. The van der Waals surface area contributed by atoms with E-state index in [0.717, 1.165) is 42.6 Å². The molecule has 9 nitrogen and oxygen atoms in total. The topological polar surface area (TPSA) is 120 Å². The molecule has 2 aliphatic rings. The third-order valence-electron chi connectivity index (χ3n) is 6.83. The molecule has 1 aliphatic heterocycles. The Labute approximate surface area is 226 Å². The molecule has 0 bridgehead atoms. The third-order valence-corrected chi connectivity index (χ3v) is 9.68. The minimum absolute atomic E-state index is 0.0450. The SMILES string of the molecule is N#Cc1c(NC(=O)CN2CCN(C(=O)c3sc4cc([N+](=O)[O-])ccc4c3Cl)CC2)sc2c1CCCCC2. The smallest absolute Gasteiger partial charge is 0.270 e. The maximum Gasteiger partial charge on any atom is 0.270 e. The van der Waals surface area contributed by atoms with Crippen LogP contribution in [0.5, 0.6) is 0 Å². The Morgan fingerprint density at radius 3 is 2.62 bits per heavy atom. The van der Waals surface area contributed by atoms with Crippen LogP contribution in [0, 0.1) is 21.4 Å². The number of rotatable bonds is 5. The van der Waals surface area contributed by atoms with Gasteiger partial charge in [0.1, 0.15) is 15.9 Å². The monoisotopic (exact) mass is 557 g/mol. The maximum atomic E-state index is 13.2. The predicted molar refractivity (Wildman–Crippen MR) is 145 cm³/mol. The summed E-state index contributed by atoms with van der Waals surface area (Å²) in [6, 6.07) is 6.68. The standard InChI is InChI=1S/C25H24ClN5O4S2/c26-22-17-7-6-15(31(34)35)12-20(17)36-23(22)25(33)30-10-8-29(9-11-30)14-21(32)28-24-18(13-27)16-4-2-1-3-5-19(16)37-24/h6-7,12H,1-5,8-11,14H2,(H,28,32). The van der Waals surface area contributed by atoms with Crippen LogP contribution in [0.1, 0.15) is 44.9 Å². The number of nitrogens with zero attached hydrogens (tertiary/aromatic N) is 4. The van der Waals surface area contributed by atoms with Crippen LogP contribution in [0.3, 0.4) is 0 Å². The van der Waals surface area contributed by atoms with Crippen molar-refractivity contribution < 1.29 is 14.5 Å². The summed E-state index contributed by atoms with van der Waals surface area (Å²) in [4.78, 5) is 41.8. The summed E-state index contributed by atoms with van der Waals surface area (Å²) in [5.41, 5.74) is 1.66. The van der Waals surface area contributed by atoms with Crippen molar-refractivity contribution in [3.63, 3.8) is 0 Å². The van der Waals surface area contributed by atoms with E-state index in [1.54, 1.807) is 11.0 Å². The van der Waals surface area contributed by atoms with Gasteiger partial charge in [-0.2, -0.15) is 5.26 Å². The van der Waals surface area contributed by atoms with Crippen molar-refractivity contribution in [1.29, 1.82) is 5.26 Å². The van der Waals surface area contributed by atoms with Crippen LogP contribution in [0.25, 0.3) is 10.1 Å². The second kappa shape index (κ2) is 10.8. The molecule has 1 fully saturated rings. The van der Waals surface area contributed by atoms with Gasteiger partial charge < -0.3 is 10.2 Å². The number of hydrogen-bond acceptors (Lipinski definition) is 8. The number of halogens is 1. The van der Waals surface area contributed by atoms with Crippen molar-refractivity contribution in [3.8, 4) is 6.07 Å². The number of non-ortho nitro benzene ring substituents is 1. The van der Waals surface area contributed by atoms with E-state index in [0.29, 0.717) is 56.7 Å². The number of nitro groups is 1. The summed E-state index contributed by atoms with van der Waals surface area (Å²) >= 11 is 9.14. The predicted octanol–water partition coefficient (Wildman–Crippen LogP) is 5.06. The van der Waals surface area contributed by atoms with E-state index in [4.69, 9.17) is 11.6 Å². The average Bonchev–Trinajstić information content (AvgIpc) is 3.29. The lowest BCUT2D eigenvalue weighted by Gasteiger charge is -2.34. The summed E-state index contributed by atoms with van der Waals surface area (Å²) in [6.45, 7) is 2.11. The van der Waals surface area contributed by atoms with Crippen LogP contribution in [0.15, 0.2) is 18.2 Å². The average molecular weight is 558 g/mol. The summed E-state index contributed by atoms with van der Waals surface area (Å²) < 4.78 is 0.598. The van der Waals surface area contributed by atoms with Gasteiger partial charge in [0.25, 0.3) is 11.6 Å². The summed E-state index contributed by atoms with van der Waals surface area (Å²) in [6.07, 6.45) is 5.20. The number of piperazine rings is 1. The van der Waals surface area contributed by atoms with E-state index in [2.05, 4.69) is 11.4 Å². The number of nitrogens with one attached hydrogen (secondary N) is 1. The number of thiophene rings is 2. The third kappa shape index (κ3) is 5.20. The van der Waals surface area contributed by atoms with Crippen LogP contribution in [-0.4, -0.2) is 59.3 Å². The first kappa shape index (κ1) is 25.6. The lowest BCUT2D eigenvalue weighted by molar-refractivity contribution is -0.384. The van der Waals surface area contributed by atoms with Gasteiger partial charge in [-0.15, -0.1) is 22.7 Å². The van der Waals surface area contributed by atoms with Gasteiger partial charge in [-0.1, -0.05) is 18.0 Å². The van der Waals surface area contributed by atoms with Crippen LogP contribution in [0.4, 0.5) is 10.7 Å². The normalized spacial score (nSPS) is 16.2. The number of aryl methyl sites for hydroxylation is 1. The van der Waals surface area contributed by atoms with Gasteiger partial charge in [-0.05, 0) is 37.3 Å². The number of fused-ring (bicyclic) bond motifs is 2. The Bertz CT molecular complexity index is 1430. The number of carbonyl (C=O) groups is 2. The van der Waals surface area contributed by atoms with Gasteiger partial charge in [-0.3, -0.25) is 24.6 Å². The van der Waals surface area contributed by atoms with Crippen molar-refractivity contribution in [2.45, 2.75) is 32.1 Å². The maximum absolute atomic E-state index is 13.2. The molecular weight excluding hydrogens is 534 g/mol. The van der Waals surface area contributed by atoms with Crippen molar-refractivity contribution >= 4 is 66.9 Å². The first-order chi connectivity index (χ1) is 17.9. The molecule has 12 heteroatoms. The van der Waals surface area contributed by atoms with Gasteiger partial charge >= 0.3 is 0 Å². The minimum Gasteiger partial charge on any atom is -0.335 e. The molecule has 3 aromatic rings. The first-order valence-electron chi connectivity index (χ1n) is 12.1. The van der Waals surface area contributed by atoms with Crippen molar-refractivity contribution in [3.05, 3.63) is 54.2 Å². The Morgan fingerprint density at radius 2 is 1.89 bits per heavy atom. The molecule has 2 amide bonds. The largest absolute Gasteiger partial charge is 0.335 e. The highest BCUT2D eigenvalue weighted by Gasteiger charge is 2.28. The number of anilines is 1.